The highest BCUT2D eigenvalue weighted by Gasteiger charge is 2.48. The minimum atomic E-state index is -1.37. The van der Waals surface area contributed by atoms with Crippen molar-refractivity contribution in [3.8, 4) is 5.75 Å². The molecule has 4 atom stereocenters. The number of benzene rings is 2. The van der Waals surface area contributed by atoms with Crippen LogP contribution in [-0.2, 0) is 14.3 Å². The Kier molecular flexibility index (Phi) is 8.71. The van der Waals surface area contributed by atoms with Crippen LogP contribution in [0.4, 0.5) is 10.5 Å². The number of aromatic hydroxyl groups is 1. The van der Waals surface area contributed by atoms with Crippen molar-refractivity contribution in [2.24, 2.45) is 5.92 Å². The molecular formula is C27H34ClN3O6. The fourth-order valence-corrected chi connectivity index (χ4v) is 4.37. The molecule has 2 aromatic rings. The fraction of sp³-hybridized carbons (Fsp3) is 0.444. The molecule has 4 unspecified atom stereocenters. The molecule has 37 heavy (non-hydrogen) atoms. The summed E-state index contributed by atoms with van der Waals surface area (Å²) in [6, 6.07) is 8.43. The Balaban J connectivity index is 2.02. The number of phenolic OH excluding ortho intramolecular Hbond substituents is 1. The van der Waals surface area contributed by atoms with Crippen LogP contribution in [0.3, 0.4) is 0 Å². The van der Waals surface area contributed by atoms with Crippen molar-refractivity contribution in [2.75, 3.05) is 11.9 Å². The van der Waals surface area contributed by atoms with Crippen LogP contribution >= 0.6 is 11.6 Å². The van der Waals surface area contributed by atoms with Gasteiger partial charge in [-0.05, 0) is 57.7 Å². The van der Waals surface area contributed by atoms with Gasteiger partial charge in [-0.15, -0.1) is 0 Å². The second-order valence-electron chi connectivity index (χ2n) is 10.3. The van der Waals surface area contributed by atoms with E-state index < -0.39 is 42.2 Å². The van der Waals surface area contributed by atoms with Gasteiger partial charge < -0.3 is 30.5 Å². The Morgan fingerprint density at radius 1 is 1.16 bits per heavy atom. The van der Waals surface area contributed by atoms with Gasteiger partial charge in [-0.2, -0.15) is 0 Å². The lowest BCUT2D eigenvalue weighted by Gasteiger charge is -2.35. The summed E-state index contributed by atoms with van der Waals surface area (Å²) in [5, 5.41) is 26.3. The van der Waals surface area contributed by atoms with E-state index >= 15 is 0 Å². The first kappa shape index (κ1) is 28.3. The summed E-state index contributed by atoms with van der Waals surface area (Å²) in [7, 11) is 0. The highest BCUT2D eigenvalue weighted by atomic mass is 35.5. The predicted octanol–water partition coefficient (Wildman–Crippen LogP) is 4.16. The highest BCUT2D eigenvalue weighted by molar-refractivity contribution is 6.34. The van der Waals surface area contributed by atoms with E-state index in [2.05, 4.69) is 10.6 Å². The third-order valence-electron chi connectivity index (χ3n) is 6.08. The summed E-state index contributed by atoms with van der Waals surface area (Å²) < 4.78 is 5.25. The minimum Gasteiger partial charge on any atom is -0.508 e. The molecule has 0 bridgehead atoms. The maximum Gasteiger partial charge on any atom is 0.408 e. The number of phenols is 1. The number of aryl methyl sites for hydroxylation is 1. The summed E-state index contributed by atoms with van der Waals surface area (Å²) in [5.41, 5.74) is 0.486. The summed E-state index contributed by atoms with van der Waals surface area (Å²) in [4.78, 5) is 41.4. The second kappa shape index (κ2) is 11.4. The quantitative estimate of drug-likeness (QED) is 0.405. The molecule has 1 fully saturated rings. The van der Waals surface area contributed by atoms with E-state index in [1.54, 1.807) is 64.1 Å². The van der Waals surface area contributed by atoms with Gasteiger partial charge >= 0.3 is 6.09 Å². The molecule has 0 aromatic heterocycles. The van der Waals surface area contributed by atoms with Crippen molar-refractivity contribution in [1.29, 1.82) is 0 Å². The average molecular weight is 532 g/mol. The molecule has 1 aliphatic rings. The zero-order valence-electron chi connectivity index (χ0n) is 21.6. The first-order valence-electron chi connectivity index (χ1n) is 12.1. The number of halogens is 1. The number of para-hydroxylation sites is 2. The molecule has 0 spiro atoms. The molecule has 200 valence electrons. The number of rotatable bonds is 8. The van der Waals surface area contributed by atoms with Crippen LogP contribution in [0.2, 0.25) is 5.02 Å². The van der Waals surface area contributed by atoms with E-state index in [0.29, 0.717) is 17.1 Å². The van der Waals surface area contributed by atoms with Gasteiger partial charge in [-0.25, -0.2) is 4.79 Å². The lowest BCUT2D eigenvalue weighted by molar-refractivity contribution is -0.142. The Labute approximate surface area is 221 Å². The van der Waals surface area contributed by atoms with E-state index in [1.165, 1.54) is 11.0 Å². The molecule has 4 N–H and O–H groups in total. The van der Waals surface area contributed by atoms with Gasteiger partial charge in [-0.1, -0.05) is 48.9 Å². The maximum atomic E-state index is 13.8. The van der Waals surface area contributed by atoms with Crippen molar-refractivity contribution in [1.82, 2.24) is 10.2 Å². The molecule has 0 aliphatic heterocycles. The van der Waals surface area contributed by atoms with Gasteiger partial charge in [0.15, 0.2) is 0 Å². The van der Waals surface area contributed by atoms with E-state index in [1.807, 2.05) is 6.92 Å². The monoisotopic (exact) mass is 531 g/mol. The third-order valence-corrected chi connectivity index (χ3v) is 6.39. The Bertz CT molecular complexity index is 1140. The van der Waals surface area contributed by atoms with E-state index in [-0.39, 0.29) is 23.3 Å². The van der Waals surface area contributed by atoms with Gasteiger partial charge in [0.1, 0.15) is 23.4 Å². The molecule has 9 nitrogen and oxygen atoms in total. The van der Waals surface area contributed by atoms with E-state index in [9.17, 15) is 24.6 Å². The SMILES string of the molecule is Cc1cccc(Cl)c1NC(=O)C(c1ccccc1O)N(C(=O)C(CO)NC(=O)OC(C)(C)C)C1CC1C. The standard InChI is InChI=1S/C27H34ClN3O6/c1-15-9-8-11-18(28)22(15)30-24(34)23(17-10-6-7-12-21(17)33)31(20-13-16(20)2)25(35)19(14-32)29-26(36)37-27(3,4)5/h6-12,16,19-20,23,32-33H,13-14H2,1-5H3,(H,29,36)(H,30,34). The number of alkyl carbamates (subject to hydrolysis) is 1. The first-order chi connectivity index (χ1) is 17.3. The topological polar surface area (TPSA) is 128 Å². The van der Waals surface area contributed by atoms with Crippen LogP contribution in [0.5, 0.6) is 5.75 Å². The number of anilines is 1. The van der Waals surface area contributed by atoms with Crippen LogP contribution in [0, 0.1) is 12.8 Å². The molecule has 1 aliphatic carbocycles. The zero-order chi connectivity index (χ0) is 27.5. The Morgan fingerprint density at radius 3 is 2.35 bits per heavy atom. The Morgan fingerprint density at radius 2 is 1.81 bits per heavy atom. The predicted molar refractivity (Wildman–Crippen MR) is 140 cm³/mol. The van der Waals surface area contributed by atoms with Crippen molar-refractivity contribution < 1.29 is 29.3 Å². The van der Waals surface area contributed by atoms with Crippen molar-refractivity contribution >= 4 is 35.2 Å². The van der Waals surface area contributed by atoms with Gasteiger partial charge in [0.05, 0.1) is 17.3 Å². The molecule has 0 heterocycles. The van der Waals surface area contributed by atoms with E-state index in [4.69, 9.17) is 16.3 Å². The zero-order valence-corrected chi connectivity index (χ0v) is 22.4. The van der Waals surface area contributed by atoms with Gasteiger partial charge in [0.2, 0.25) is 5.91 Å². The number of hydrogen-bond acceptors (Lipinski definition) is 6. The van der Waals surface area contributed by atoms with Crippen LogP contribution < -0.4 is 10.6 Å². The van der Waals surface area contributed by atoms with Crippen LogP contribution in [-0.4, -0.2) is 57.3 Å². The normalized spacial score (nSPS) is 18.4. The largest absolute Gasteiger partial charge is 0.508 e. The van der Waals surface area contributed by atoms with Crippen molar-refractivity contribution in [2.45, 2.75) is 64.8 Å². The Hall–Kier alpha value is -3.30. The van der Waals surface area contributed by atoms with E-state index in [0.717, 1.165) is 5.56 Å². The summed E-state index contributed by atoms with van der Waals surface area (Å²) in [6.45, 7) is 8.03. The lowest BCUT2D eigenvalue weighted by Crippen LogP contribution is -2.54. The second-order valence-corrected chi connectivity index (χ2v) is 10.7. The summed E-state index contributed by atoms with van der Waals surface area (Å²) >= 11 is 6.34. The minimum absolute atomic E-state index is 0.0630. The molecular weight excluding hydrogens is 498 g/mol. The smallest absolute Gasteiger partial charge is 0.408 e. The number of aliphatic hydroxyl groups excluding tert-OH is 1. The summed E-state index contributed by atoms with van der Waals surface area (Å²) in [5.74, 6) is -1.39. The van der Waals surface area contributed by atoms with Crippen LogP contribution in [0.1, 0.15) is 51.3 Å². The average Bonchev–Trinajstić information content (AvgIpc) is 3.53. The van der Waals surface area contributed by atoms with Crippen molar-refractivity contribution in [3.05, 3.63) is 58.6 Å². The molecule has 0 saturated heterocycles. The molecule has 1 saturated carbocycles. The van der Waals surface area contributed by atoms with Crippen molar-refractivity contribution in [3.63, 3.8) is 0 Å². The highest BCUT2D eigenvalue weighted by Crippen LogP contribution is 2.42. The lowest BCUT2D eigenvalue weighted by atomic mass is 10.0. The first-order valence-corrected chi connectivity index (χ1v) is 12.5. The fourth-order valence-electron chi connectivity index (χ4n) is 4.11. The number of aliphatic hydroxyl groups is 1. The number of carbonyl (C=O) groups is 3. The van der Waals surface area contributed by atoms with Gasteiger partial charge in [-0.3, -0.25) is 9.59 Å². The third kappa shape index (κ3) is 6.93. The molecule has 3 amide bonds. The molecule has 0 radical (unpaired) electrons. The molecule has 2 aromatic carbocycles. The van der Waals surface area contributed by atoms with Crippen LogP contribution in [0.15, 0.2) is 42.5 Å². The van der Waals surface area contributed by atoms with Gasteiger partial charge in [0, 0.05) is 11.6 Å². The summed E-state index contributed by atoms with van der Waals surface area (Å²) in [6.07, 6.45) is -0.266. The number of hydrogen-bond donors (Lipinski definition) is 4. The number of carbonyl (C=O) groups excluding carboxylic acids is 3. The molecule has 3 rings (SSSR count). The number of nitrogens with one attached hydrogen (secondary N) is 2. The maximum absolute atomic E-state index is 13.8. The molecule has 10 heteroatoms. The van der Waals surface area contributed by atoms with Gasteiger partial charge in [0.25, 0.3) is 5.91 Å². The number of ether oxygens (including phenoxy) is 1. The number of amides is 3. The number of nitrogens with zero attached hydrogens (tertiary/aromatic N) is 1. The van der Waals surface area contributed by atoms with Crippen LogP contribution in [0.25, 0.3) is 0 Å².